The van der Waals surface area contributed by atoms with Crippen LogP contribution in [0.15, 0.2) is 199 Å². The first-order valence-electron chi connectivity index (χ1n) is 18.3. The van der Waals surface area contributed by atoms with Crippen LogP contribution in [0.2, 0.25) is 0 Å². The summed E-state index contributed by atoms with van der Waals surface area (Å²) >= 11 is 1.86. The standard InChI is InChI=1S/C50H32N2OS/c1-3-16-34(17-4-1)51(35-18-5-2-6-19-35)44-26-13-24-41-49-43(25-14-28-48(49)54-50(41)44)52(36-29-30-47-42(32-36)40-23-11-12-27-46(40)53-47)45-31-33-15-7-8-20-37(33)38-21-9-10-22-39(38)45/h1-32H. The quantitative estimate of drug-likeness (QED) is 0.160. The van der Waals surface area contributed by atoms with Crippen molar-refractivity contribution in [2.45, 2.75) is 0 Å². The van der Waals surface area contributed by atoms with Gasteiger partial charge in [-0.15, -0.1) is 11.3 Å². The van der Waals surface area contributed by atoms with Crippen LogP contribution >= 0.6 is 11.3 Å². The molecule has 0 unspecified atom stereocenters. The van der Waals surface area contributed by atoms with Gasteiger partial charge in [0.25, 0.3) is 0 Å². The second-order valence-corrected chi connectivity index (χ2v) is 14.7. The van der Waals surface area contributed by atoms with Crippen LogP contribution in [-0.4, -0.2) is 0 Å². The molecule has 9 aromatic carbocycles. The highest BCUT2D eigenvalue weighted by Crippen LogP contribution is 2.51. The number of para-hydroxylation sites is 3. The Morgan fingerprint density at radius 3 is 1.76 bits per heavy atom. The van der Waals surface area contributed by atoms with Crippen LogP contribution < -0.4 is 9.80 Å². The van der Waals surface area contributed by atoms with Gasteiger partial charge < -0.3 is 14.2 Å². The molecule has 2 heterocycles. The van der Waals surface area contributed by atoms with Crippen molar-refractivity contribution in [3.63, 3.8) is 0 Å². The van der Waals surface area contributed by atoms with Gasteiger partial charge >= 0.3 is 0 Å². The van der Waals surface area contributed by atoms with Crippen molar-refractivity contribution in [3.8, 4) is 0 Å². The Morgan fingerprint density at radius 2 is 0.963 bits per heavy atom. The Labute approximate surface area is 316 Å². The molecule has 11 rings (SSSR count). The predicted octanol–water partition coefficient (Wildman–Crippen LogP) is 15.2. The second kappa shape index (κ2) is 12.4. The van der Waals surface area contributed by atoms with Gasteiger partial charge in [0, 0.05) is 48.7 Å². The van der Waals surface area contributed by atoms with Crippen molar-refractivity contribution in [2.75, 3.05) is 9.80 Å². The zero-order chi connectivity index (χ0) is 35.6. The first kappa shape index (κ1) is 30.7. The van der Waals surface area contributed by atoms with E-state index in [1.54, 1.807) is 0 Å². The maximum absolute atomic E-state index is 6.33. The van der Waals surface area contributed by atoms with Crippen LogP contribution in [-0.2, 0) is 0 Å². The first-order valence-corrected chi connectivity index (χ1v) is 19.1. The SMILES string of the molecule is c1ccc(N(c2ccccc2)c2cccc3c2sc2cccc(N(c4ccc5oc6ccccc6c5c4)c4cc5ccccc5c5ccccc45)c23)cc1. The molecule has 0 radical (unpaired) electrons. The van der Waals surface area contributed by atoms with Gasteiger partial charge in [-0.1, -0.05) is 121 Å². The molecule has 0 spiro atoms. The van der Waals surface area contributed by atoms with Crippen LogP contribution in [0, 0.1) is 0 Å². The summed E-state index contributed by atoms with van der Waals surface area (Å²) in [6.07, 6.45) is 0. The number of hydrogen-bond donors (Lipinski definition) is 0. The Bertz CT molecular complexity index is 3140. The van der Waals surface area contributed by atoms with Crippen molar-refractivity contribution in [3.05, 3.63) is 194 Å². The fourth-order valence-corrected chi connectivity index (χ4v) is 9.47. The Balaban J connectivity index is 1.22. The molecule has 0 aliphatic carbocycles. The molecule has 54 heavy (non-hydrogen) atoms. The fraction of sp³-hybridized carbons (Fsp3) is 0. The zero-order valence-corrected chi connectivity index (χ0v) is 30.0. The molecule has 11 aromatic rings. The van der Waals surface area contributed by atoms with Gasteiger partial charge in [0.2, 0.25) is 0 Å². The lowest BCUT2D eigenvalue weighted by Gasteiger charge is -2.28. The van der Waals surface area contributed by atoms with E-state index in [4.69, 9.17) is 4.42 Å². The lowest BCUT2D eigenvalue weighted by Crippen LogP contribution is -2.11. The topological polar surface area (TPSA) is 19.6 Å². The summed E-state index contributed by atoms with van der Waals surface area (Å²) in [5.74, 6) is 0. The average molecular weight is 709 g/mol. The van der Waals surface area contributed by atoms with E-state index in [0.29, 0.717) is 0 Å². The number of benzene rings is 9. The molecular weight excluding hydrogens is 677 g/mol. The van der Waals surface area contributed by atoms with Gasteiger partial charge in [0.15, 0.2) is 0 Å². The normalized spacial score (nSPS) is 11.7. The molecule has 3 nitrogen and oxygen atoms in total. The first-order chi connectivity index (χ1) is 26.8. The highest BCUT2D eigenvalue weighted by Gasteiger charge is 2.24. The van der Waals surface area contributed by atoms with E-state index in [1.807, 2.05) is 23.5 Å². The van der Waals surface area contributed by atoms with Crippen LogP contribution in [0.1, 0.15) is 0 Å². The molecule has 4 heteroatoms. The van der Waals surface area contributed by atoms with Gasteiger partial charge in [-0.3, -0.25) is 0 Å². The van der Waals surface area contributed by atoms with Gasteiger partial charge in [-0.25, -0.2) is 0 Å². The van der Waals surface area contributed by atoms with Crippen molar-refractivity contribution in [1.29, 1.82) is 0 Å². The number of anilines is 6. The monoisotopic (exact) mass is 708 g/mol. The summed E-state index contributed by atoms with van der Waals surface area (Å²) < 4.78 is 8.81. The van der Waals surface area contributed by atoms with Crippen molar-refractivity contribution >= 4 is 109 Å². The summed E-state index contributed by atoms with van der Waals surface area (Å²) in [4.78, 5) is 4.85. The minimum Gasteiger partial charge on any atom is -0.456 e. The fourth-order valence-electron chi connectivity index (χ4n) is 8.24. The molecule has 0 atom stereocenters. The third kappa shape index (κ3) is 4.81. The number of hydrogen-bond acceptors (Lipinski definition) is 4. The van der Waals surface area contributed by atoms with Crippen LogP contribution in [0.3, 0.4) is 0 Å². The lowest BCUT2D eigenvalue weighted by atomic mass is 9.98. The highest BCUT2D eigenvalue weighted by atomic mass is 32.1. The van der Waals surface area contributed by atoms with Crippen LogP contribution in [0.4, 0.5) is 34.1 Å². The minimum absolute atomic E-state index is 0.883. The lowest BCUT2D eigenvalue weighted by molar-refractivity contribution is 0.669. The summed E-state index contributed by atoms with van der Waals surface area (Å²) in [6, 6.07) is 69.7. The van der Waals surface area contributed by atoms with Crippen LogP contribution in [0.25, 0.3) is 63.7 Å². The van der Waals surface area contributed by atoms with E-state index in [0.717, 1.165) is 56.1 Å². The van der Waals surface area contributed by atoms with Crippen LogP contribution in [0.5, 0.6) is 0 Å². The molecular formula is C50H32N2OS. The van der Waals surface area contributed by atoms with E-state index >= 15 is 0 Å². The smallest absolute Gasteiger partial charge is 0.135 e. The van der Waals surface area contributed by atoms with Crippen molar-refractivity contribution < 1.29 is 4.42 Å². The van der Waals surface area contributed by atoms with E-state index < -0.39 is 0 Å². The Hall–Kier alpha value is -6.88. The number of thiophene rings is 1. The maximum Gasteiger partial charge on any atom is 0.135 e. The molecule has 0 saturated carbocycles. The van der Waals surface area contributed by atoms with Gasteiger partial charge in [0.1, 0.15) is 11.2 Å². The molecule has 0 saturated heterocycles. The molecule has 0 N–H and O–H groups in total. The van der Waals surface area contributed by atoms with E-state index in [9.17, 15) is 0 Å². The van der Waals surface area contributed by atoms with Crippen molar-refractivity contribution in [1.82, 2.24) is 0 Å². The molecule has 0 amide bonds. The predicted molar refractivity (Wildman–Crippen MR) is 231 cm³/mol. The third-order valence-corrected chi connectivity index (χ3v) is 11.8. The van der Waals surface area contributed by atoms with Gasteiger partial charge in [-0.2, -0.15) is 0 Å². The summed E-state index contributed by atoms with van der Waals surface area (Å²) in [5, 5.41) is 9.56. The highest BCUT2D eigenvalue weighted by molar-refractivity contribution is 7.26. The number of furan rings is 1. The third-order valence-electron chi connectivity index (χ3n) is 10.6. The van der Waals surface area contributed by atoms with E-state index in [-0.39, 0.29) is 0 Å². The summed E-state index contributed by atoms with van der Waals surface area (Å²) in [6.45, 7) is 0. The summed E-state index contributed by atoms with van der Waals surface area (Å²) in [5.41, 5.74) is 8.53. The second-order valence-electron chi connectivity index (χ2n) is 13.7. The molecule has 0 aliphatic heterocycles. The molecule has 254 valence electrons. The summed E-state index contributed by atoms with van der Waals surface area (Å²) in [7, 11) is 0. The van der Waals surface area contributed by atoms with E-state index in [1.165, 1.54) is 41.7 Å². The largest absolute Gasteiger partial charge is 0.456 e. The minimum atomic E-state index is 0.883. The molecule has 0 fully saturated rings. The molecule has 0 bridgehead atoms. The zero-order valence-electron chi connectivity index (χ0n) is 29.2. The number of nitrogens with zero attached hydrogens (tertiary/aromatic N) is 2. The maximum atomic E-state index is 6.33. The van der Waals surface area contributed by atoms with Crippen molar-refractivity contribution in [2.24, 2.45) is 0 Å². The van der Waals surface area contributed by atoms with Gasteiger partial charge in [-0.05, 0) is 89.0 Å². The molecule has 0 aliphatic rings. The number of rotatable bonds is 6. The van der Waals surface area contributed by atoms with Gasteiger partial charge in [0.05, 0.1) is 21.8 Å². The number of fused-ring (bicyclic) bond motifs is 9. The van der Waals surface area contributed by atoms with E-state index in [2.05, 4.69) is 192 Å². The Kier molecular flexibility index (Phi) is 7.04. The Morgan fingerprint density at radius 1 is 0.352 bits per heavy atom. The molecule has 2 aromatic heterocycles. The average Bonchev–Trinajstić information content (AvgIpc) is 3.81.